The highest BCUT2D eigenvalue weighted by Gasteiger charge is 2.18. The first-order chi connectivity index (χ1) is 12.0. The molecule has 3 aromatic rings. The molecule has 0 unspecified atom stereocenters. The van der Waals surface area contributed by atoms with Gasteiger partial charge in [0.05, 0.1) is 17.5 Å². The number of hydrogen-bond acceptors (Lipinski definition) is 3. The Morgan fingerprint density at radius 1 is 1.20 bits per heavy atom. The molecule has 0 bridgehead atoms. The maximum atomic E-state index is 14.3. The molecule has 2 aromatic carbocycles. The van der Waals surface area contributed by atoms with Crippen molar-refractivity contribution in [2.45, 2.75) is 13.5 Å². The van der Waals surface area contributed by atoms with Crippen LogP contribution in [0.15, 0.2) is 53.5 Å². The van der Waals surface area contributed by atoms with E-state index < -0.39 is 17.2 Å². The van der Waals surface area contributed by atoms with E-state index >= 15 is 0 Å². The number of fused-ring (bicyclic) bond motifs is 1. The summed E-state index contributed by atoms with van der Waals surface area (Å²) in [6.45, 7) is 2.21. The first kappa shape index (κ1) is 17.6. The summed E-state index contributed by atoms with van der Waals surface area (Å²) in [6.07, 6.45) is 1.44. The fourth-order valence-corrected chi connectivity index (χ4v) is 3.03. The Hall–Kier alpha value is -2.22. The van der Waals surface area contributed by atoms with E-state index in [9.17, 15) is 14.0 Å². The summed E-state index contributed by atoms with van der Waals surface area (Å²) in [7, 11) is 0. The summed E-state index contributed by atoms with van der Waals surface area (Å²) in [5, 5.41) is -0.0986. The highest BCUT2D eigenvalue weighted by atomic mass is 127. The minimum Gasteiger partial charge on any atom is -0.462 e. The van der Waals surface area contributed by atoms with Gasteiger partial charge in [0.1, 0.15) is 11.4 Å². The number of rotatable bonds is 4. The number of carbonyl (C=O) groups is 1. The molecule has 0 spiro atoms. The molecular weight excluding hydrogens is 436 g/mol. The van der Waals surface area contributed by atoms with Crippen LogP contribution >= 0.6 is 22.6 Å². The number of ether oxygens (including phenoxy) is 1. The number of carbonyl (C=O) groups excluding carboxylic acids is 1. The lowest BCUT2D eigenvalue weighted by Crippen LogP contribution is -2.22. The van der Waals surface area contributed by atoms with Crippen molar-refractivity contribution in [1.29, 1.82) is 0 Å². The van der Waals surface area contributed by atoms with Crippen LogP contribution in [0.25, 0.3) is 10.9 Å². The Balaban J connectivity index is 2.21. The summed E-state index contributed by atoms with van der Waals surface area (Å²) in [5.41, 5.74) is 0.608. The largest absolute Gasteiger partial charge is 0.462 e. The molecule has 3 rings (SSSR count). The number of benzene rings is 2. The number of hydrogen-bond donors (Lipinski definition) is 0. The molecule has 0 aliphatic carbocycles. The summed E-state index contributed by atoms with van der Waals surface area (Å²) in [6, 6.07) is 12.3. The molecule has 0 atom stereocenters. The lowest BCUT2D eigenvalue weighted by molar-refractivity contribution is 0.0524. The van der Waals surface area contributed by atoms with Gasteiger partial charge in [-0.3, -0.25) is 4.79 Å². The molecule has 0 aliphatic rings. The number of esters is 1. The van der Waals surface area contributed by atoms with Crippen molar-refractivity contribution < 1.29 is 13.9 Å². The number of pyridine rings is 1. The Morgan fingerprint density at radius 3 is 2.60 bits per heavy atom. The Bertz CT molecular complexity index is 996. The van der Waals surface area contributed by atoms with Crippen LogP contribution in [-0.4, -0.2) is 17.1 Å². The molecule has 4 nitrogen and oxygen atoms in total. The van der Waals surface area contributed by atoms with Gasteiger partial charge in [-0.25, -0.2) is 9.18 Å². The predicted molar refractivity (Wildman–Crippen MR) is 102 cm³/mol. The van der Waals surface area contributed by atoms with Gasteiger partial charge >= 0.3 is 5.97 Å². The minimum absolute atomic E-state index is 0.0986. The van der Waals surface area contributed by atoms with E-state index in [0.717, 1.165) is 9.13 Å². The van der Waals surface area contributed by atoms with Crippen LogP contribution in [-0.2, 0) is 11.3 Å². The molecule has 0 saturated carbocycles. The monoisotopic (exact) mass is 451 g/mol. The lowest BCUT2D eigenvalue weighted by atomic mass is 10.1. The first-order valence-electron chi connectivity index (χ1n) is 7.74. The molecule has 0 N–H and O–H groups in total. The van der Waals surface area contributed by atoms with Gasteiger partial charge in [-0.15, -0.1) is 0 Å². The zero-order valence-electron chi connectivity index (χ0n) is 13.5. The van der Waals surface area contributed by atoms with Crippen LogP contribution in [0.1, 0.15) is 22.8 Å². The lowest BCUT2D eigenvalue weighted by Gasteiger charge is -2.14. The van der Waals surface area contributed by atoms with Crippen molar-refractivity contribution in [3.05, 3.63) is 79.4 Å². The fourth-order valence-electron chi connectivity index (χ4n) is 2.67. The van der Waals surface area contributed by atoms with Gasteiger partial charge in [-0.1, -0.05) is 18.2 Å². The van der Waals surface area contributed by atoms with Crippen LogP contribution < -0.4 is 5.43 Å². The van der Waals surface area contributed by atoms with Crippen LogP contribution in [0.5, 0.6) is 0 Å². The van der Waals surface area contributed by atoms with E-state index in [-0.39, 0.29) is 17.6 Å². The van der Waals surface area contributed by atoms with E-state index in [1.807, 2.05) is 24.3 Å². The van der Waals surface area contributed by atoms with Gasteiger partial charge in [0, 0.05) is 16.3 Å². The number of halogens is 2. The van der Waals surface area contributed by atoms with Crippen LogP contribution in [0.4, 0.5) is 4.39 Å². The van der Waals surface area contributed by atoms with Crippen molar-refractivity contribution in [3.63, 3.8) is 0 Å². The molecule has 0 amide bonds. The van der Waals surface area contributed by atoms with Crippen LogP contribution in [0.3, 0.4) is 0 Å². The molecule has 128 valence electrons. The van der Waals surface area contributed by atoms with Crippen molar-refractivity contribution in [3.8, 4) is 0 Å². The van der Waals surface area contributed by atoms with Gasteiger partial charge in [-0.2, -0.15) is 0 Å². The second-order valence-electron chi connectivity index (χ2n) is 5.48. The summed E-state index contributed by atoms with van der Waals surface area (Å²) >= 11 is 2.21. The molecule has 25 heavy (non-hydrogen) atoms. The maximum absolute atomic E-state index is 14.3. The van der Waals surface area contributed by atoms with Gasteiger partial charge in [0.25, 0.3) is 0 Å². The summed E-state index contributed by atoms with van der Waals surface area (Å²) in [5.74, 6) is -1.39. The average molecular weight is 451 g/mol. The SMILES string of the molecule is CCOC(=O)c1cn(Cc2ccc(I)cc2)c2cccc(F)c2c1=O. The molecule has 0 saturated heterocycles. The number of nitrogens with zero attached hydrogens (tertiary/aromatic N) is 1. The average Bonchev–Trinajstić information content (AvgIpc) is 2.59. The maximum Gasteiger partial charge on any atom is 0.343 e. The number of aromatic nitrogens is 1. The minimum atomic E-state index is -0.742. The van der Waals surface area contributed by atoms with Crippen LogP contribution in [0.2, 0.25) is 0 Å². The quantitative estimate of drug-likeness (QED) is 0.446. The highest BCUT2D eigenvalue weighted by molar-refractivity contribution is 14.1. The zero-order chi connectivity index (χ0) is 18.0. The molecule has 1 heterocycles. The zero-order valence-corrected chi connectivity index (χ0v) is 15.6. The summed E-state index contributed by atoms with van der Waals surface area (Å²) < 4.78 is 22.0. The van der Waals surface area contributed by atoms with Crippen molar-refractivity contribution in [2.24, 2.45) is 0 Å². The van der Waals surface area contributed by atoms with Gasteiger partial charge in [0.2, 0.25) is 5.43 Å². The fraction of sp³-hybridized carbons (Fsp3) is 0.158. The second kappa shape index (κ2) is 7.35. The third-order valence-corrected chi connectivity index (χ3v) is 4.54. The van der Waals surface area contributed by atoms with Gasteiger partial charge < -0.3 is 9.30 Å². The Kier molecular flexibility index (Phi) is 5.17. The Labute approximate surface area is 157 Å². The molecule has 6 heteroatoms. The molecule has 1 aromatic heterocycles. The summed E-state index contributed by atoms with van der Waals surface area (Å²) in [4.78, 5) is 24.7. The molecule has 0 aliphatic heterocycles. The van der Waals surface area contributed by atoms with Crippen LogP contribution in [0, 0.1) is 9.39 Å². The normalized spacial score (nSPS) is 10.8. The van der Waals surface area contributed by atoms with E-state index in [1.54, 1.807) is 23.6 Å². The van der Waals surface area contributed by atoms with E-state index in [2.05, 4.69) is 22.6 Å². The van der Waals surface area contributed by atoms with E-state index in [1.165, 1.54) is 12.3 Å². The molecular formula is C19H15FINO3. The smallest absolute Gasteiger partial charge is 0.343 e. The second-order valence-corrected chi connectivity index (χ2v) is 6.73. The predicted octanol–water partition coefficient (Wildman–Crippen LogP) is 3.97. The van der Waals surface area contributed by atoms with Gasteiger partial charge in [0.15, 0.2) is 0 Å². The van der Waals surface area contributed by atoms with Crippen molar-refractivity contribution in [2.75, 3.05) is 6.61 Å². The third-order valence-electron chi connectivity index (χ3n) is 3.82. The first-order valence-corrected chi connectivity index (χ1v) is 8.82. The van der Waals surface area contributed by atoms with Crippen molar-refractivity contribution >= 4 is 39.5 Å². The Morgan fingerprint density at radius 2 is 1.92 bits per heavy atom. The standard InChI is InChI=1S/C19H15FINO3/c1-2-25-19(24)14-11-22(10-12-6-8-13(21)9-7-12)16-5-3-4-15(20)17(16)18(14)23/h3-9,11H,2,10H2,1H3. The van der Waals surface area contributed by atoms with E-state index in [0.29, 0.717) is 12.1 Å². The van der Waals surface area contributed by atoms with E-state index in [4.69, 9.17) is 4.74 Å². The highest BCUT2D eigenvalue weighted by Crippen LogP contribution is 2.18. The van der Waals surface area contributed by atoms with Crippen molar-refractivity contribution in [1.82, 2.24) is 4.57 Å². The van der Waals surface area contributed by atoms with Gasteiger partial charge in [-0.05, 0) is 59.3 Å². The third kappa shape index (κ3) is 3.58. The molecule has 0 radical (unpaired) electrons. The molecule has 0 fully saturated rings. The topological polar surface area (TPSA) is 48.3 Å².